The second-order valence-electron chi connectivity index (χ2n) is 12.6. The van der Waals surface area contributed by atoms with E-state index in [0.717, 1.165) is 25.7 Å². The fraction of sp³-hybridized carbons (Fsp3) is 0.946. The van der Waals surface area contributed by atoms with E-state index in [-0.39, 0.29) is 19.2 Å². The third-order valence-electron chi connectivity index (χ3n) is 8.13. The lowest BCUT2D eigenvalue weighted by Gasteiger charge is -2.08. The minimum atomic E-state index is -0.953. The Kier molecular flexibility index (Phi) is 39.8. The number of aliphatic hydroxyl groups excluding tert-OH is 2. The summed E-state index contributed by atoms with van der Waals surface area (Å²) in [4.78, 5) is 21.7. The molecule has 0 fully saturated rings. The first-order chi connectivity index (χ1) is 21.0. The molecule has 1 atom stereocenters. The molecule has 0 aromatic carbocycles. The lowest BCUT2D eigenvalue weighted by molar-refractivity contribution is -0.147. The standard InChI is InChI=1S/C19H38O4.C18H36O2/c1-2-3-4-5-6-7-8-9-10-11-12-13-14-15-19(22)23-17-18(21)16-20;1-2-3-4-5-6-7-8-9-10-11-12-13-14-15-16-17-18(19)20/h18,20-21H,2-17H2,1H3;2-17H2,1H3,(H,19,20). The van der Waals surface area contributed by atoms with Crippen LogP contribution in [0.4, 0.5) is 0 Å². The molecule has 0 saturated heterocycles. The fourth-order valence-corrected chi connectivity index (χ4v) is 5.25. The number of carboxylic acid groups (broad SMARTS) is 1. The first-order valence-corrected chi connectivity index (χ1v) is 18.6. The first-order valence-electron chi connectivity index (χ1n) is 18.6. The van der Waals surface area contributed by atoms with Gasteiger partial charge in [0.15, 0.2) is 0 Å². The average Bonchev–Trinajstić information content (AvgIpc) is 3.00. The number of unbranched alkanes of at least 4 members (excludes halogenated alkanes) is 26. The van der Waals surface area contributed by atoms with Gasteiger partial charge in [-0.2, -0.15) is 0 Å². The molecule has 0 aliphatic heterocycles. The van der Waals surface area contributed by atoms with Gasteiger partial charge in [-0.1, -0.05) is 181 Å². The number of carboxylic acids is 1. The molecule has 0 saturated carbocycles. The quantitative estimate of drug-likeness (QED) is 0.0502. The van der Waals surface area contributed by atoms with Gasteiger partial charge in [-0.3, -0.25) is 9.59 Å². The van der Waals surface area contributed by atoms with Crippen molar-refractivity contribution in [3.05, 3.63) is 0 Å². The topological polar surface area (TPSA) is 104 Å². The summed E-state index contributed by atoms with van der Waals surface area (Å²) in [5.41, 5.74) is 0. The highest BCUT2D eigenvalue weighted by Gasteiger charge is 2.07. The molecular formula is C37H74O6. The number of hydrogen-bond donors (Lipinski definition) is 3. The van der Waals surface area contributed by atoms with Crippen LogP contribution in [-0.2, 0) is 14.3 Å². The summed E-state index contributed by atoms with van der Waals surface area (Å²) in [6, 6.07) is 0. The highest BCUT2D eigenvalue weighted by Crippen LogP contribution is 2.14. The van der Waals surface area contributed by atoms with Crippen LogP contribution in [0.1, 0.15) is 206 Å². The summed E-state index contributed by atoms with van der Waals surface area (Å²) in [5, 5.41) is 26.2. The molecule has 0 spiro atoms. The summed E-state index contributed by atoms with van der Waals surface area (Å²) in [7, 11) is 0. The van der Waals surface area contributed by atoms with E-state index in [2.05, 4.69) is 13.8 Å². The van der Waals surface area contributed by atoms with Crippen molar-refractivity contribution in [1.29, 1.82) is 0 Å². The Labute approximate surface area is 267 Å². The van der Waals surface area contributed by atoms with Crippen LogP contribution in [0.25, 0.3) is 0 Å². The maximum Gasteiger partial charge on any atom is 0.305 e. The van der Waals surface area contributed by atoms with Crippen molar-refractivity contribution in [3.8, 4) is 0 Å². The zero-order valence-electron chi connectivity index (χ0n) is 28.8. The van der Waals surface area contributed by atoms with E-state index in [1.165, 1.54) is 154 Å². The van der Waals surface area contributed by atoms with Gasteiger partial charge < -0.3 is 20.1 Å². The summed E-state index contributed by atoms with van der Waals surface area (Å²) >= 11 is 0. The molecule has 0 aliphatic rings. The Morgan fingerprint density at radius 2 is 0.767 bits per heavy atom. The van der Waals surface area contributed by atoms with Crippen LogP contribution in [0.3, 0.4) is 0 Å². The van der Waals surface area contributed by atoms with Crippen LogP contribution in [0.5, 0.6) is 0 Å². The Morgan fingerprint density at radius 3 is 1.05 bits per heavy atom. The summed E-state index contributed by atoms with van der Waals surface area (Å²) < 4.78 is 4.85. The summed E-state index contributed by atoms with van der Waals surface area (Å²) in [5.74, 6) is -0.930. The Balaban J connectivity index is 0. The molecule has 3 N–H and O–H groups in total. The molecule has 6 nitrogen and oxygen atoms in total. The van der Waals surface area contributed by atoms with Crippen molar-refractivity contribution < 1.29 is 29.6 Å². The molecule has 43 heavy (non-hydrogen) atoms. The zero-order chi connectivity index (χ0) is 32.1. The predicted octanol–water partition coefficient (Wildman–Crippen LogP) is 10.7. The molecule has 0 aliphatic carbocycles. The van der Waals surface area contributed by atoms with Gasteiger partial charge in [-0.25, -0.2) is 0 Å². The van der Waals surface area contributed by atoms with Crippen LogP contribution in [0.2, 0.25) is 0 Å². The minimum absolute atomic E-state index is 0.103. The van der Waals surface area contributed by atoms with Crippen molar-refractivity contribution in [2.45, 2.75) is 213 Å². The number of rotatable bonds is 33. The maximum absolute atomic E-state index is 11.3. The Bertz CT molecular complexity index is 553. The van der Waals surface area contributed by atoms with Crippen molar-refractivity contribution in [1.82, 2.24) is 0 Å². The Hall–Kier alpha value is -1.14. The lowest BCUT2D eigenvalue weighted by Crippen LogP contribution is -2.21. The second-order valence-corrected chi connectivity index (χ2v) is 12.6. The number of hydrogen-bond acceptors (Lipinski definition) is 5. The van der Waals surface area contributed by atoms with Gasteiger partial charge in [0.05, 0.1) is 6.61 Å². The van der Waals surface area contributed by atoms with Crippen molar-refractivity contribution in [3.63, 3.8) is 0 Å². The van der Waals surface area contributed by atoms with Gasteiger partial charge >= 0.3 is 11.9 Å². The third-order valence-corrected chi connectivity index (χ3v) is 8.13. The molecule has 0 heterocycles. The molecule has 0 bridgehead atoms. The molecule has 0 rings (SSSR count). The monoisotopic (exact) mass is 615 g/mol. The van der Waals surface area contributed by atoms with Crippen LogP contribution >= 0.6 is 0 Å². The van der Waals surface area contributed by atoms with E-state index in [9.17, 15) is 9.59 Å². The highest BCUT2D eigenvalue weighted by atomic mass is 16.5. The number of aliphatic hydroxyl groups is 2. The fourth-order valence-electron chi connectivity index (χ4n) is 5.25. The van der Waals surface area contributed by atoms with Gasteiger partial charge in [0.25, 0.3) is 0 Å². The molecule has 0 radical (unpaired) electrons. The maximum atomic E-state index is 11.3. The Morgan fingerprint density at radius 1 is 0.488 bits per heavy atom. The van der Waals surface area contributed by atoms with Crippen LogP contribution < -0.4 is 0 Å². The molecule has 0 aromatic heterocycles. The van der Waals surface area contributed by atoms with Crippen molar-refractivity contribution >= 4 is 11.9 Å². The van der Waals surface area contributed by atoms with Crippen LogP contribution in [-0.4, -0.2) is 46.6 Å². The van der Waals surface area contributed by atoms with Gasteiger partial charge in [-0.05, 0) is 12.8 Å². The average molecular weight is 615 g/mol. The second kappa shape index (κ2) is 38.9. The molecular weight excluding hydrogens is 540 g/mol. The van der Waals surface area contributed by atoms with Gasteiger partial charge in [0, 0.05) is 12.8 Å². The van der Waals surface area contributed by atoms with E-state index in [4.69, 9.17) is 20.1 Å². The normalized spacial score (nSPS) is 11.6. The zero-order valence-corrected chi connectivity index (χ0v) is 28.8. The lowest BCUT2D eigenvalue weighted by atomic mass is 10.0. The minimum Gasteiger partial charge on any atom is -0.481 e. The van der Waals surface area contributed by atoms with Crippen LogP contribution in [0, 0.1) is 0 Å². The van der Waals surface area contributed by atoms with E-state index in [1.807, 2.05) is 0 Å². The SMILES string of the molecule is CCCCCCCCCCCCCCCC(=O)OCC(O)CO.CCCCCCCCCCCCCCCCCC(=O)O. The smallest absolute Gasteiger partial charge is 0.305 e. The van der Waals surface area contributed by atoms with E-state index in [0.29, 0.717) is 12.8 Å². The highest BCUT2D eigenvalue weighted by molar-refractivity contribution is 5.69. The summed E-state index contributed by atoms with van der Waals surface area (Å²) in [6.45, 7) is 4.05. The van der Waals surface area contributed by atoms with Crippen molar-refractivity contribution in [2.24, 2.45) is 0 Å². The predicted molar refractivity (Wildman–Crippen MR) is 182 cm³/mol. The number of ether oxygens (including phenoxy) is 1. The van der Waals surface area contributed by atoms with E-state index >= 15 is 0 Å². The molecule has 0 amide bonds. The molecule has 6 heteroatoms. The number of aliphatic carboxylic acids is 1. The number of esters is 1. The van der Waals surface area contributed by atoms with Gasteiger partial charge in [-0.15, -0.1) is 0 Å². The molecule has 1 unspecified atom stereocenters. The van der Waals surface area contributed by atoms with Crippen molar-refractivity contribution in [2.75, 3.05) is 13.2 Å². The van der Waals surface area contributed by atoms with E-state index < -0.39 is 12.1 Å². The van der Waals surface area contributed by atoms with Crippen LogP contribution in [0.15, 0.2) is 0 Å². The summed E-state index contributed by atoms with van der Waals surface area (Å²) in [6.07, 6.45) is 36.3. The van der Waals surface area contributed by atoms with E-state index in [1.54, 1.807) is 0 Å². The van der Waals surface area contributed by atoms with Gasteiger partial charge in [0.2, 0.25) is 0 Å². The molecule has 0 aromatic rings. The first kappa shape index (κ1) is 44.0. The third kappa shape index (κ3) is 43.0. The van der Waals surface area contributed by atoms with Gasteiger partial charge in [0.1, 0.15) is 12.7 Å². The largest absolute Gasteiger partial charge is 0.481 e. The molecule has 258 valence electrons. The number of carbonyl (C=O) groups excluding carboxylic acids is 1. The number of carbonyl (C=O) groups is 2.